The zero-order chi connectivity index (χ0) is 14.7. The Bertz CT molecular complexity index is 489. The highest BCUT2D eigenvalue weighted by molar-refractivity contribution is 9.10. The summed E-state index contributed by atoms with van der Waals surface area (Å²) in [5, 5.41) is 0. The first-order valence-electron chi connectivity index (χ1n) is 7.35. The van der Waals surface area contributed by atoms with Gasteiger partial charge in [0.15, 0.2) is 0 Å². The summed E-state index contributed by atoms with van der Waals surface area (Å²) in [5.41, 5.74) is 7.72. The highest BCUT2D eigenvalue weighted by Gasteiger charge is 2.33. The molecule has 1 aliphatic carbocycles. The Morgan fingerprint density at radius 2 is 2.20 bits per heavy atom. The predicted octanol–water partition coefficient (Wildman–Crippen LogP) is 3.35. The average Bonchev–Trinajstić information content (AvgIpc) is 2.91. The van der Waals surface area contributed by atoms with Crippen molar-refractivity contribution in [2.75, 3.05) is 13.1 Å². The van der Waals surface area contributed by atoms with Crippen molar-refractivity contribution in [1.82, 2.24) is 4.90 Å². The second kappa shape index (κ2) is 6.72. The molecule has 4 heteroatoms. The van der Waals surface area contributed by atoms with E-state index < -0.39 is 0 Å². The van der Waals surface area contributed by atoms with Gasteiger partial charge in [-0.3, -0.25) is 4.79 Å². The van der Waals surface area contributed by atoms with Crippen LogP contribution in [-0.4, -0.2) is 29.9 Å². The van der Waals surface area contributed by atoms with Crippen LogP contribution in [0.1, 0.15) is 42.1 Å². The van der Waals surface area contributed by atoms with Crippen LogP contribution in [0.4, 0.5) is 0 Å². The summed E-state index contributed by atoms with van der Waals surface area (Å²) in [5.74, 6) is 0.587. The van der Waals surface area contributed by atoms with E-state index in [2.05, 4.69) is 22.9 Å². The largest absolute Gasteiger partial charge is 0.336 e. The lowest BCUT2D eigenvalue weighted by atomic mass is 10.0. The lowest BCUT2D eigenvalue weighted by molar-refractivity contribution is 0.0652. The Hall–Kier alpha value is -0.870. The van der Waals surface area contributed by atoms with E-state index in [0.717, 1.165) is 35.0 Å². The third-order valence-electron chi connectivity index (χ3n) is 4.33. The number of carbonyl (C=O) groups excluding carboxylic acids is 1. The fraction of sp³-hybridized carbons (Fsp3) is 0.562. The van der Waals surface area contributed by atoms with Crippen molar-refractivity contribution in [3.05, 3.63) is 33.8 Å². The molecule has 0 bridgehead atoms. The van der Waals surface area contributed by atoms with Crippen molar-refractivity contribution in [1.29, 1.82) is 0 Å². The maximum Gasteiger partial charge on any atom is 0.254 e. The van der Waals surface area contributed by atoms with Gasteiger partial charge in [0.1, 0.15) is 0 Å². The number of nitrogens with zero attached hydrogens (tertiary/aromatic N) is 1. The minimum Gasteiger partial charge on any atom is -0.336 e. The van der Waals surface area contributed by atoms with Gasteiger partial charge in [0, 0.05) is 22.6 Å². The summed E-state index contributed by atoms with van der Waals surface area (Å²) >= 11 is 3.48. The van der Waals surface area contributed by atoms with Crippen molar-refractivity contribution in [3.63, 3.8) is 0 Å². The standard InChI is InChI=1S/C16H23BrN2O/c1-3-19(15-6-4-5-13(15)10-18)16(20)12-7-8-14(17)11(2)9-12/h7-9,13,15H,3-6,10,18H2,1-2H3. The number of benzene rings is 1. The molecule has 1 saturated carbocycles. The second-order valence-corrected chi connectivity index (χ2v) is 6.40. The van der Waals surface area contributed by atoms with Crippen molar-refractivity contribution in [2.45, 2.75) is 39.2 Å². The van der Waals surface area contributed by atoms with E-state index in [-0.39, 0.29) is 5.91 Å². The van der Waals surface area contributed by atoms with Gasteiger partial charge in [-0.25, -0.2) is 0 Å². The number of hydrogen-bond donors (Lipinski definition) is 1. The van der Waals surface area contributed by atoms with E-state index in [0.29, 0.717) is 18.5 Å². The first-order chi connectivity index (χ1) is 9.58. The van der Waals surface area contributed by atoms with Gasteiger partial charge in [-0.15, -0.1) is 0 Å². The van der Waals surface area contributed by atoms with Gasteiger partial charge in [-0.2, -0.15) is 0 Å². The van der Waals surface area contributed by atoms with E-state index in [1.165, 1.54) is 6.42 Å². The van der Waals surface area contributed by atoms with Crippen molar-refractivity contribution < 1.29 is 4.79 Å². The summed E-state index contributed by atoms with van der Waals surface area (Å²) in [6, 6.07) is 6.11. The summed E-state index contributed by atoms with van der Waals surface area (Å²) < 4.78 is 1.04. The minimum absolute atomic E-state index is 0.133. The number of nitrogens with two attached hydrogens (primary N) is 1. The highest BCUT2D eigenvalue weighted by atomic mass is 79.9. The van der Waals surface area contributed by atoms with Crippen LogP contribution in [0.25, 0.3) is 0 Å². The molecule has 20 heavy (non-hydrogen) atoms. The van der Waals surface area contributed by atoms with Gasteiger partial charge in [0.25, 0.3) is 5.91 Å². The molecule has 0 spiro atoms. The maximum atomic E-state index is 12.8. The lowest BCUT2D eigenvalue weighted by Crippen LogP contribution is -2.44. The predicted molar refractivity (Wildman–Crippen MR) is 85.8 cm³/mol. The Balaban J connectivity index is 2.22. The Kier molecular flexibility index (Phi) is 5.22. The number of hydrogen-bond acceptors (Lipinski definition) is 2. The molecule has 1 aromatic carbocycles. The average molecular weight is 339 g/mol. The molecule has 0 heterocycles. The first-order valence-corrected chi connectivity index (χ1v) is 8.15. The molecule has 0 saturated heterocycles. The molecule has 110 valence electrons. The third kappa shape index (κ3) is 3.07. The molecule has 2 unspecified atom stereocenters. The first kappa shape index (κ1) is 15.5. The zero-order valence-electron chi connectivity index (χ0n) is 12.2. The van der Waals surface area contributed by atoms with E-state index >= 15 is 0 Å². The third-order valence-corrected chi connectivity index (χ3v) is 5.22. The van der Waals surface area contributed by atoms with Gasteiger partial charge >= 0.3 is 0 Å². The van der Waals surface area contributed by atoms with E-state index in [4.69, 9.17) is 5.73 Å². The van der Waals surface area contributed by atoms with E-state index in [9.17, 15) is 4.79 Å². The molecule has 2 atom stereocenters. The summed E-state index contributed by atoms with van der Waals surface area (Å²) in [7, 11) is 0. The molecule has 2 N–H and O–H groups in total. The molecule has 0 radical (unpaired) electrons. The molecule has 1 amide bonds. The minimum atomic E-state index is 0.133. The zero-order valence-corrected chi connectivity index (χ0v) is 13.8. The number of aryl methyl sites for hydroxylation is 1. The highest BCUT2D eigenvalue weighted by Crippen LogP contribution is 2.30. The van der Waals surface area contributed by atoms with Crippen LogP contribution in [0.5, 0.6) is 0 Å². The molecule has 3 nitrogen and oxygen atoms in total. The van der Waals surface area contributed by atoms with Crippen molar-refractivity contribution in [3.8, 4) is 0 Å². The van der Waals surface area contributed by atoms with Gasteiger partial charge in [-0.05, 0) is 62.9 Å². The van der Waals surface area contributed by atoms with Crippen LogP contribution in [0.2, 0.25) is 0 Å². The Morgan fingerprint density at radius 1 is 1.45 bits per heavy atom. The summed E-state index contributed by atoms with van der Waals surface area (Å²) in [4.78, 5) is 14.8. The molecule has 0 aliphatic heterocycles. The fourth-order valence-electron chi connectivity index (χ4n) is 3.17. The molecule has 1 aliphatic rings. The normalized spacial score (nSPS) is 22.0. The second-order valence-electron chi connectivity index (χ2n) is 5.55. The van der Waals surface area contributed by atoms with Crippen molar-refractivity contribution >= 4 is 21.8 Å². The SMILES string of the molecule is CCN(C(=O)c1ccc(Br)c(C)c1)C1CCCC1CN. The topological polar surface area (TPSA) is 46.3 Å². The quantitative estimate of drug-likeness (QED) is 0.914. The van der Waals surface area contributed by atoms with Crippen molar-refractivity contribution in [2.24, 2.45) is 11.7 Å². The van der Waals surface area contributed by atoms with Gasteiger partial charge in [0.05, 0.1) is 0 Å². The number of rotatable bonds is 4. The maximum absolute atomic E-state index is 12.8. The molecular formula is C16H23BrN2O. The van der Waals surface area contributed by atoms with E-state index in [1.54, 1.807) is 0 Å². The number of carbonyl (C=O) groups is 1. The summed E-state index contributed by atoms with van der Waals surface area (Å²) in [6.45, 7) is 5.48. The van der Waals surface area contributed by atoms with Gasteiger partial charge in [-0.1, -0.05) is 22.4 Å². The molecule has 2 rings (SSSR count). The number of amides is 1. The van der Waals surface area contributed by atoms with Crippen LogP contribution in [0.15, 0.2) is 22.7 Å². The molecule has 1 aromatic rings. The van der Waals surface area contributed by atoms with Crippen LogP contribution >= 0.6 is 15.9 Å². The van der Waals surface area contributed by atoms with Crippen LogP contribution in [0.3, 0.4) is 0 Å². The van der Waals surface area contributed by atoms with Gasteiger partial charge < -0.3 is 10.6 Å². The van der Waals surface area contributed by atoms with E-state index in [1.807, 2.05) is 30.0 Å². The van der Waals surface area contributed by atoms with Crippen LogP contribution in [0, 0.1) is 12.8 Å². The lowest BCUT2D eigenvalue weighted by Gasteiger charge is -2.32. The Morgan fingerprint density at radius 3 is 2.80 bits per heavy atom. The van der Waals surface area contributed by atoms with Crippen LogP contribution < -0.4 is 5.73 Å². The molecular weight excluding hydrogens is 316 g/mol. The number of halogens is 1. The summed E-state index contributed by atoms with van der Waals surface area (Å²) in [6.07, 6.45) is 3.40. The molecule has 1 fully saturated rings. The molecule has 0 aromatic heterocycles. The Labute approximate surface area is 129 Å². The smallest absolute Gasteiger partial charge is 0.254 e. The van der Waals surface area contributed by atoms with Gasteiger partial charge in [0.2, 0.25) is 0 Å². The fourth-order valence-corrected chi connectivity index (χ4v) is 3.42. The monoisotopic (exact) mass is 338 g/mol. The van der Waals surface area contributed by atoms with Crippen LogP contribution in [-0.2, 0) is 0 Å².